The first-order valence-corrected chi connectivity index (χ1v) is 8.02. The largest absolute Gasteiger partial charge is 0.383 e. The first-order chi connectivity index (χ1) is 9.82. The maximum Gasteiger partial charge on any atom is 0.244 e. The summed E-state index contributed by atoms with van der Waals surface area (Å²) in [4.78, 5) is 15.0. The van der Waals surface area contributed by atoms with E-state index < -0.39 is 5.54 Å². The van der Waals surface area contributed by atoms with Gasteiger partial charge in [-0.3, -0.25) is 4.79 Å². The molecule has 5 heteroatoms. The van der Waals surface area contributed by atoms with Gasteiger partial charge in [0.1, 0.15) is 5.54 Å². The van der Waals surface area contributed by atoms with Crippen molar-refractivity contribution in [2.45, 2.75) is 58.2 Å². The number of rotatable bonds is 5. The monoisotopic (exact) mass is 298 g/mol. The molecular formula is C16H30N2O3. The number of nitrogens with zero attached hydrogens (tertiary/aromatic N) is 1. The number of carbonyl (C=O) groups excluding carboxylic acids is 1. The molecule has 1 amide bonds. The molecule has 5 nitrogen and oxygen atoms in total. The van der Waals surface area contributed by atoms with Crippen LogP contribution >= 0.6 is 0 Å². The summed E-state index contributed by atoms with van der Waals surface area (Å²) in [6, 6.07) is 0.0345. The Hall–Kier alpha value is -0.650. The number of methoxy groups -OCH3 is 1. The van der Waals surface area contributed by atoms with Gasteiger partial charge in [-0.15, -0.1) is 0 Å². The number of fused-ring (bicyclic) bond motifs is 1. The molecule has 2 aliphatic rings. The number of amides is 1. The summed E-state index contributed by atoms with van der Waals surface area (Å²) in [6.07, 6.45) is 2.08. The summed E-state index contributed by atoms with van der Waals surface area (Å²) in [5.74, 6) is 0.184. The average Bonchev–Trinajstić information content (AvgIpc) is 2.47. The Kier molecular flexibility index (Phi) is 4.66. The molecule has 1 aliphatic carbocycles. The molecule has 2 rings (SSSR count). The van der Waals surface area contributed by atoms with Crippen LogP contribution in [0.15, 0.2) is 0 Å². The Morgan fingerprint density at radius 1 is 1.52 bits per heavy atom. The molecule has 1 heterocycles. The van der Waals surface area contributed by atoms with E-state index in [1.807, 2.05) is 18.7 Å². The third-order valence-electron chi connectivity index (χ3n) is 5.58. The van der Waals surface area contributed by atoms with Crippen LogP contribution in [-0.4, -0.2) is 55.4 Å². The quantitative estimate of drug-likeness (QED) is 0.833. The molecule has 4 atom stereocenters. The molecule has 0 aromatic carbocycles. The van der Waals surface area contributed by atoms with Crippen LogP contribution in [0.4, 0.5) is 0 Å². The lowest BCUT2D eigenvalue weighted by Crippen LogP contribution is -2.82. The predicted octanol–water partition coefficient (Wildman–Crippen LogP) is 1.40. The van der Waals surface area contributed by atoms with Gasteiger partial charge < -0.3 is 20.1 Å². The maximum atomic E-state index is 13.2. The second-order valence-electron chi connectivity index (χ2n) is 7.03. The summed E-state index contributed by atoms with van der Waals surface area (Å²) in [5, 5.41) is 0. The molecule has 0 spiro atoms. The zero-order chi connectivity index (χ0) is 15.8. The molecule has 2 N–H and O–H groups in total. The third-order valence-corrected chi connectivity index (χ3v) is 5.58. The van der Waals surface area contributed by atoms with Gasteiger partial charge in [-0.05, 0) is 26.7 Å². The number of carbonyl (C=O) groups is 1. The summed E-state index contributed by atoms with van der Waals surface area (Å²) < 4.78 is 11.1. The van der Waals surface area contributed by atoms with E-state index in [0.29, 0.717) is 13.2 Å². The fraction of sp³-hybridized carbons (Fsp3) is 0.938. The average molecular weight is 298 g/mol. The normalized spacial score (nSPS) is 35.5. The van der Waals surface area contributed by atoms with Crippen molar-refractivity contribution in [2.24, 2.45) is 17.1 Å². The van der Waals surface area contributed by atoms with Crippen LogP contribution in [0.2, 0.25) is 0 Å². The lowest BCUT2D eigenvalue weighted by atomic mass is 9.46. The highest BCUT2D eigenvalue weighted by Gasteiger charge is 2.70. The van der Waals surface area contributed by atoms with Crippen molar-refractivity contribution in [3.05, 3.63) is 0 Å². The van der Waals surface area contributed by atoms with E-state index in [9.17, 15) is 4.79 Å². The third kappa shape index (κ3) is 2.30. The number of likely N-dealkylation sites (N-methyl/N-ethyl adjacent to an activating group) is 1. The van der Waals surface area contributed by atoms with E-state index in [0.717, 1.165) is 19.4 Å². The van der Waals surface area contributed by atoms with Crippen molar-refractivity contribution in [3.63, 3.8) is 0 Å². The maximum absolute atomic E-state index is 13.2. The second-order valence-corrected chi connectivity index (χ2v) is 7.03. The molecule has 0 bridgehead atoms. The van der Waals surface area contributed by atoms with Crippen LogP contribution < -0.4 is 5.73 Å². The number of hydrogen-bond donors (Lipinski definition) is 1. The Morgan fingerprint density at radius 2 is 2.19 bits per heavy atom. The van der Waals surface area contributed by atoms with Crippen molar-refractivity contribution in [2.75, 3.05) is 26.9 Å². The van der Waals surface area contributed by atoms with Gasteiger partial charge in [0.05, 0.1) is 18.8 Å². The minimum absolute atomic E-state index is 0.0345. The van der Waals surface area contributed by atoms with Gasteiger partial charge in [0, 0.05) is 31.6 Å². The first-order valence-electron chi connectivity index (χ1n) is 8.02. The molecule has 1 saturated heterocycles. The molecule has 0 aromatic heterocycles. The van der Waals surface area contributed by atoms with Gasteiger partial charge >= 0.3 is 0 Å². The van der Waals surface area contributed by atoms with Crippen molar-refractivity contribution in [1.82, 2.24) is 4.90 Å². The second kappa shape index (κ2) is 5.86. The summed E-state index contributed by atoms with van der Waals surface area (Å²) in [5.41, 5.74) is 5.53. The van der Waals surface area contributed by atoms with Gasteiger partial charge in [0.2, 0.25) is 5.91 Å². The van der Waals surface area contributed by atoms with Gasteiger partial charge in [0.25, 0.3) is 0 Å². The van der Waals surface area contributed by atoms with Crippen molar-refractivity contribution in [1.29, 1.82) is 0 Å². The molecule has 0 aromatic rings. The zero-order valence-electron chi connectivity index (χ0n) is 14.0. The van der Waals surface area contributed by atoms with Crippen LogP contribution in [-0.2, 0) is 14.3 Å². The number of nitrogens with two attached hydrogens (primary N) is 1. The molecule has 122 valence electrons. The Balaban J connectivity index is 2.23. The van der Waals surface area contributed by atoms with Crippen molar-refractivity contribution in [3.8, 4) is 0 Å². The minimum atomic E-state index is -0.823. The van der Waals surface area contributed by atoms with Gasteiger partial charge in [-0.1, -0.05) is 13.8 Å². The molecule has 1 aliphatic heterocycles. The van der Waals surface area contributed by atoms with E-state index >= 15 is 0 Å². The highest BCUT2D eigenvalue weighted by molar-refractivity contribution is 5.89. The summed E-state index contributed by atoms with van der Waals surface area (Å²) in [7, 11) is 1.66. The van der Waals surface area contributed by atoms with Crippen LogP contribution in [0.1, 0.15) is 40.5 Å². The summed E-state index contributed by atoms with van der Waals surface area (Å²) in [6.45, 7) is 10.1. The van der Waals surface area contributed by atoms with Crippen molar-refractivity contribution >= 4 is 5.91 Å². The Bertz CT molecular complexity index is 399. The SMILES string of the molecule is CCN(C(=O)C1(N)C2CCCOC2C1(C)C)C(C)COC. The van der Waals surface area contributed by atoms with Crippen LogP contribution in [0, 0.1) is 11.3 Å². The van der Waals surface area contributed by atoms with E-state index in [1.165, 1.54) is 0 Å². The van der Waals surface area contributed by atoms with E-state index in [4.69, 9.17) is 15.2 Å². The molecular weight excluding hydrogens is 268 g/mol. The minimum Gasteiger partial charge on any atom is -0.383 e. The first kappa shape index (κ1) is 16.7. The van der Waals surface area contributed by atoms with E-state index in [2.05, 4.69) is 13.8 Å². The molecule has 1 saturated carbocycles. The highest BCUT2D eigenvalue weighted by atomic mass is 16.5. The molecule has 21 heavy (non-hydrogen) atoms. The Labute approximate surface area is 128 Å². The van der Waals surface area contributed by atoms with Gasteiger partial charge in [0.15, 0.2) is 0 Å². The van der Waals surface area contributed by atoms with Gasteiger partial charge in [-0.25, -0.2) is 0 Å². The van der Waals surface area contributed by atoms with Crippen molar-refractivity contribution < 1.29 is 14.3 Å². The molecule has 0 radical (unpaired) electrons. The fourth-order valence-electron chi connectivity index (χ4n) is 4.23. The van der Waals surface area contributed by atoms with E-state index in [-0.39, 0.29) is 29.4 Å². The lowest BCUT2D eigenvalue weighted by molar-refractivity contribution is -0.231. The highest BCUT2D eigenvalue weighted by Crippen LogP contribution is 2.58. The molecule has 2 fully saturated rings. The zero-order valence-corrected chi connectivity index (χ0v) is 14.0. The lowest BCUT2D eigenvalue weighted by Gasteiger charge is -2.66. The van der Waals surface area contributed by atoms with Crippen LogP contribution in [0.25, 0.3) is 0 Å². The van der Waals surface area contributed by atoms with Gasteiger partial charge in [-0.2, -0.15) is 0 Å². The molecule has 4 unspecified atom stereocenters. The predicted molar refractivity (Wildman–Crippen MR) is 81.9 cm³/mol. The Morgan fingerprint density at radius 3 is 2.76 bits per heavy atom. The van der Waals surface area contributed by atoms with Crippen LogP contribution in [0.5, 0.6) is 0 Å². The smallest absolute Gasteiger partial charge is 0.244 e. The fourth-order valence-corrected chi connectivity index (χ4v) is 4.23. The topological polar surface area (TPSA) is 64.8 Å². The van der Waals surface area contributed by atoms with Crippen LogP contribution in [0.3, 0.4) is 0 Å². The standard InChI is InChI=1S/C16H30N2O3/c1-6-18(11(2)10-20-5)14(19)16(17)12-8-7-9-21-13(12)15(16,3)4/h11-13H,6-10,17H2,1-5H3. The van der Waals surface area contributed by atoms with E-state index in [1.54, 1.807) is 7.11 Å². The number of ether oxygens (including phenoxy) is 2. The summed E-state index contributed by atoms with van der Waals surface area (Å²) >= 11 is 0. The number of hydrogen-bond acceptors (Lipinski definition) is 4.